The van der Waals surface area contributed by atoms with Gasteiger partial charge in [-0.15, -0.1) is 0 Å². The summed E-state index contributed by atoms with van der Waals surface area (Å²) in [5.41, 5.74) is 0.929. The van der Waals surface area contributed by atoms with Gasteiger partial charge in [-0.25, -0.2) is 0 Å². The van der Waals surface area contributed by atoms with E-state index in [2.05, 4.69) is 23.8 Å². The number of nitrogens with zero attached hydrogens (tertiary/aromatic N) is 2. The van der Waals surface area contributed by atoms with E-state index in [9.17, 15) is 0 Å². The Kier molecular flexibility index (Phi) is 3.45. The zero-order valence-electron chi connectivity index (χ0n) is 7.57. The number of aromatic nitrogens is 1. The fourth-order valence-electron chi connectivity index (χ4n) is 0.809. The minimum Gasteiger partial charge on any atom is -0.291 e. The van der Waals surface area contributed by atoms with Crippen molar-refractivity contribution in [2.24, 2.45) is 10.9 Å². The van der Waals surface area contributed by atoms with Gasteiger partial charge in [0, 0.05) is 19.0 Å². The monoisotopic (exact) mass is 162 g/mol. The first-order valence-electron chi connectivity index (χ1n) is 4.20. The average Bonchev–Trinajstić information content (AvgIpc) is 2.05. The third kappa shape index (κ3) is 3.28. The Morgan fingerprint density at radius 3 is 2.92 bits per heavy atom. The van der Waals surface area contributed by atoms with Crippen molar-refractivity contribution in [3.8, 4) is 0 Å². The molecule has 0 atom stereocenters. The highest BCUT2D eigenvalue weighted by molar-refractivity contribution is 5.76. The lowest BCUT2D eigenvalue weighted by Gasteiger charge is -1.96. The van der Waals surface area contributed by atoms with Crippen LogP contribution in [0.4, 0.5) is 0 Å². The summed E-state index contributed by atoms with van der Waals surface area (Å²) in [6, 6.07) is 5.81. The molecule has 0 fully saturated rings. The van der Waals surface area contributed by atoms with Gasteiger partial charge in [0.15, 0.2) is 0 Å². The summed E-state index contributed by atoms with van der Waals surface area (Å²) in [5.74, 6) is 0.616. The zero-order valence-corrected chi connectivity index (χ0v) is 7.57. The molecule has 0 unspecified atom stereocenters. The van der Waals surface area contributed by atoms with E-state index < -0.39 is 0 Å². The van der Waals surface area contributed by atoms with Crippen LogP contribution in [0.1, 0.15) is 19.5 Å². The molecule has 1 rings (SSSR count). The maximum atomic E-state index is 4.25. The van der Waals surface area contributed by atoms with Gasteiger partial charge in [0.25, 0.3) is 0 Å². The lowest BCUT2D eigenvalue weighted by molar-refractivity contribution is 0.667. The summed E-state index contributed by atoms with van der Waals surface area (Å²) in [6.07, 6.45) is 3.59. The van der Waals surface area contributed by atoms with Crippen LogP contribution in [0.25, 0.3) is 0 Å². The topological polar surface area (TPSA) is 25.2 Å². The molecule has 12 heavy (non-hydrogen) atoms. The molecule has 0 saturated heterocycles. The Balaban J connectivity index is 2.47. The molecule has 0 bridgehead atoms. The van der Waals surface area contributed by atoms with Crippen molar-refractivity contribution in [2.45, 2.75) is 13.8 Å². The van der Waals surface area contributed by atoms with E-state index in [4.69, 9.17) is 0 Å². The van der Waals surface area contributed by atoms with Gasteiger partial charge in [-0.1, -0.05) is 19.9 Å². The fraction of sp³-hybridized carbons (Fsp3) is 0.400. The van der Waals surface area contributed by atoms with Crippen molar-refractivity contribution in [2.75, 3.05) is 6.54 Å². The fourth-order valence-corrected chi connectivity index (χ4v) is 0.809. The van der Waals surface area contributed by atoms with Gasteiger partial charge in [-0.3, -0.25) is 9.98 Å². The maximum absolute atomic E-state index is 4.25. The van der Waals surface area contributed by atoms with Gasteiger partial charge in [-0.05, 0) is 18.1 Å². The largest absolute Gasteiger partial charge is 0.291 e. The predicted molar refractivity (Wildman–Crippen MR) is 51.5 cm³/mol. The first-order chi connectivity index (χ1) is 5.79. The second-order valence-electron chi connectivity index (χ2n) is 3.14. The van der Waals surface area contributed by atoms with E-state index in [0.29, 0.717) is 5.92 Å². The van der Waals surface area contributed by atoms with Crippen LogP contribution in [-0.2, 0) is 0 Å². The molecule has 1 aromatic heterocycles. The van der Waals surface area contributed by atoms with Gasteiger partial charge in [0.2, 0.25) is 0 Å². The van der Waals surface area contributed by atoms with Crippen molar-refractivity contribution in [1.82, 2.24) is 4.98 Å². The first kappa shape index (κ1) is 8.91. The molecule has 1 aromatic rings. The van der Waals surface area contributed by atoms with E-state index in [1.807, 2.05) is 24.4 Å². The molecule has 0 radical (unpaired) electrons. The standard InChI is InChI=1S/C10H14N2/c1-9(2)7-11-8-10-5-3-4-6-12-10/h3-6,8-9H,7H2,1-2H3. The number of hydrogen-bond donors (Lipinski definition) is 0. The Hall–Kier alpha value is -1.18. The molecule has 1 heterocycles. The predicted octanol–water partition coefficient (Wildman–Crippen LogP) is 2.16. The van der Waals surface area contributed by atoms with Crippen LogP contribution in [0.2, 0.25) is 0 Å². The van der Waals surface area contributed by atoms with Gasteiger partial charge < -0.3 is 0 Å². The van der Waals surface area contributed by atoms with Gasteiger partial charge in [0.05, 0.1) is 5.69 Å². The van der Waals surface area contributed by atoms with Gasteiger partial charge in [0.1, 0.15) is 0 Å². The van der Waals surface area contributed by atoms with Crippen LogP contribution in [0.3, 0.4) is 0 Å². The quantitative estimate of drug-likeness (QED) is 0.625. The second-order valence-corrected chi connectivity index (χ2v) is 3.14. The highest BCUT2D eigenvalue weighted by atomic mass is 14.7. The first-order valence-corrected chi connectivity index (χ1v) is 4.20. The number of aliphatic imine (C=N–C) groups is 1. The Morgan fingerprint density at radius 2 is 2.33 bits per heavy atom. The molecule has 0 aliphatic heterocycles. The average molecular weight is 162 g/mol. The molecule has 0 spiro atoms. The van der Waals surface area contributed by atoms with Crippen molar-refractivity contribution < 1.29 is 0 Å². The highest BCUT2D eigenvalue weighted by Gasteiger charge is 1.88. The lowest BCUT2D eigenvalue weighted by Crippen LogP contribution is -1.93. The van der Waals surface area contributed by atoms with Gasteiger partial charge in [-0.2, -0.15) is 0 Å². The Labute approximate surface area is 73.4 Å². The van der Waals surface area contributed by atoms with E-state index in [1.54, 1.807) is 6.20 Å². The smallest absolute Gasteiger partial charge is 0.0807 e. The summed E-state index contributed by atoms with van der Waals surface area (Å²) in [6.45, 7) is 5.17. The minimum atomic E-state index is 0.616. The number of hydrogen-bond acceptors (Lipinski definition) is 2. The molecule has 2 nitrogen and oxygen atoms in total. The Bertz CT molecular complexity index is 239. The second kappa shape index (κ2) is 4.65. The van der Waals surface area contributed by atoms with E-state index in [1.165, 1.54) is 0 Å². The zero-order chi connectivity index (χ0) is 8.81. The van der Waals surface area contributed by atoms with Crippen LogP contribution in [0.5, 0.6) is 0 Å². The SMILES string of the molecule is CC(C)CN=Cc1ccccn1. The molecule has 0 aliphatic carbocycles. The highest BCUT2D eigenvalue weighted by Crippen LogP contribution is 1.93. The summed E-state index contributed by atoms with van der Waals surface area (Å²) in [4.78, 5) is 8.38. The van der Waals surface area contributed by atoms with Crippen LogP contribution in [-0.4, -0.2) is 17.7 Å². The van der Waals surface area contributed by atoms with Gasteiger partial charge >= 0.3 is 0 Å². The number of rotatable bonds is 3. The lowest BCUT2D eigenvalue weighted by atomic mass is 10.2. The van der Waals surface area contributed by atoms with Crippen molar-refractivity contribution in [3.63, 3.8) is 0 Å². The molecule has 0 N–H and O–H groups in total. The third-order valence-corrected chi connectivity index (χ3v) is 1.38. The maximum Gasteiger partial charge on any atom is 0.0807 e. The number of pyridine rings is 1. The van der Waals surface area contributed by atoms with Crippen molar-refractivity contribution in [1.29, 1.82) is 0 Å². The normalized spacial score (nSPS) is 11.2. The van der Waals surface area contributed by atoms with Crippen LogP contribution < -0.4 is 0 Å². The molecule has 0 amide bonds. The summed E-state index contributed by atoms with van der Waals surface area (Å²) in [5, 5.41) is 0. The molecular weight excluding hydrogens is 148 g/mol. The summed E-state index contributed by atoms with van der Waals surface area (Å²) in [7, 11) is 0. The van der Waals surface area contributed by atoms with E-state index in [-0.39, 0.29) is 0 Å². The summed E-state index contributed by atoms with van der Waals surface area (Å²) < 4.78 is 0. The molecule has 0 aliphatic rings. The molecular formula is C10H14N2. The van der Waals surface area contributed by atoms with Crippen molar-refractivity contribution in [3.05, 3.63) is 30.1 Å². The van der Waals surface area contributed by atoms with Crippen LogP contribution >= 0.6 is 0 Å². The Morgan fingerprint density at radius 1 is 1.50 bits per heavy atom. The van der Waals surface area contributed by atoms with Crippen LogP contribution in [0, 0.1) is 5.92 Å². The molecule has 64 valence electrons. The van der Waals surface area contributed by atoms with E-state index >= 15 is 0 Å². The summed E-state index contributed by atoms with van der Waals surface area (Å²) >= 11 is 0. The minimum absolute atomic E-state index is 0.616. The molecule has 0 saturated carbocycles. The third-order valence-electron chi connectivity index (χ3n) is 1.38. The van der Waals surface area contributed by atoms with E-state index in [0.717, 1.165) is 12.2 Å². The molecule has 2 heteroatoms. The van der Waals surface area contributed by atoms with Crippen LogP contribution in [0.15, 0.2) is 29.4 Å². The molecule has 0 aromatic carbocycles. The van der Waals surface area contributed by atoms with Crippen molar-refractivity contribution >= 4 is 6.21 Å².